The summed E-state index contributed by atoms with van der Waals surface area (Å²) in [4.78, 5) is 40.7. The van der Waals surface area contributed by atoms with Crippen LogP contribution in [0.3, 0.4) is 0 Å². The molecule has 1 unspecified atom stereocenters. The van der Waals surface area contributed by atoms with E-state index < -0.39 is 17.9 Å². The van der Waals surface area contributed by atoms with Crippen LogP contribution in [0.15, 0.2) is 42.5 Å². The summed E-state index contributed by atoms with van der Waals surface area (Å²) in [5.74, 6) is -1.32. The fourth-order valence-corrected chi connectivity index (χ4v) is 3.57. The molecule has 156 valence electrons. The van der Waals surface area contributed by atoms with Gasteiger partial charge in [0.25, 0.3) is 17.7 Å². The van der Waals surface area contributed by atoms with Crippen LogP contribution in [0.25, 0.3) is 10.2 Å². The number of nitrogens with zero attached hydrogens (tertiary/aromatic N) is 1. The van der Waals surface area contributed by atoms with E-state index in [0.29, 0.717) is 10.7 Å². The number of carbonyl (C=O) groups excluding carboxylic acids is 3. The van der Waals surface area contributed by atoms with E-state index in [1.54, 1.807) is 19.1 Å². The van der Waals surface area contributed by atoms with Crippen LogP contribution in [0.4, 0.5) is 5.13 Å². The molecule has 8 nitrogen and oxygen atoms in total. The number of hydrogen-bond acceptors (Lipinski definition) is 6. The molecule has 0 saturated carbocycles. The van der Waals surface area contributed by atoms with Crippen LogP contribution < -0.4 is 21.5 Å². The molecule has 3 rings (SSSR count). The van der Waals surface area contributed by atoms with Crippen molar-refractivity contribution in [2.45, 2.75) is 26.8 Å². The van der Waals surface area contributed by atoms with Crippen molar-refractivity contribution in [2.75, 3.05) is 11.9 Å². The molecule has 1 atom stereocenters. The van der Waals surface area contributed by atoms with Crippen LogP contribution in [-0.4, -0.2) is 35.3 Å². The Bertz CT molecular complexity index is 1060. The lowest BCUT2D eigenvalue weighted by atomic mass is 10.1. The number of thiazole rings is 1. The van der Waals surface area contributed by atoms with Gasteiger partial charge in [0.15, 0.2) is 5.13 Å². The van der Waals surface area contributed by atoms with Gasteiger partial charge in [-0.15, -0.1) is 0 Å². The number of nitrogens with one attached hydrogen (secondary N) is 4. The number of amides is 3. The van der Waals surface area contributed by atoms with Gasteiger partial charge in [0, 0.05) is 5.56 Å². The minimum absolute atomic E-state index is 0.258. The molecule has 3 aromatic rings. The lowest BCUT2D eigenvalue weighted by molar-refractivity contribution is -0.128. The van der Waals surface area contributed by atoms with Crippen molar-refractivity contribution >= 4 is 44.4 Å². The van der Waals surface area contributed by atoms with E-state index >= 15 is 0 Å². The number of anilines is 1. The Labute approximate surface area is 178 Å². The van der Waals surface area contributed by atoms with Crippen LogP contribution in [0.2, 0.25) is 0 Å². The third-order valence-electron chi connectivity index (χ3n) is 4.53. The standard InChI is InChI=1S/C21H23N5O3S/c1-12-8-9-15(10-13(12)2)20(29)22-11-18(27)25-26-19(28)14(3)23-21-24-16-6-4-5-7-17(16)30-21/h4-10,14H,11H2,1-3H3,(H,22,29)(H,23,24)(H,25,27)(H,26,28). The maximum atomic E-state index is 12.2. The smallest absolute Gasteiger partial charge is 0.260 e. The predicted molar refractivity (Wildman–Crippen MR) is 117 cm³/mol. The van der Waals surface area contributed by atoms with E-state index in [4.69, 9.17) is 0 Å². The number of para-hydroxylation sites is 1. The van der Waals surface area contributed by atoms with Crippen molar-refractivity contribution in [1.29, 1.82) is 0 Å². The highest BCUT2D eigenvalue weighted by Crippen LogP contribution is 2.25. The zero-order valence-electron chi connectivity index (χ0n) is 16.9. The molecule has 1 aromatic heterocycles. The molecule has 0 saturated heterocycles. The Kier molecular flexibility index (Phi) is 6.63. The summed E-state index contributed by atoms with van der Waals surface area (Å²) in [7, 11) is 0. The minimum atomic E-state index is -0.615. The van der Waals surface area contributed by atoms with Gasteiger partial charge in [-0.25, -0.2) is 4.98 Å². The van der Waals surface area contributed by atoms with E-state index in [1.807, 2.05) is 44.2 Å². The Morgan fingerprint density at radius 2 is 1.80 bits per heavy atom. The van der Waals surface area contributed by atoms with Crippen LogP contribution in [-0.2, 0) is 9.59 Å². The van der Waals surface area contributed by atoms with E-state index in [-0.39, 0.29) is 12.5 Å². The molecular formula is C21H23N5O3S. The van der Waals surface area contributed by atoms with Gasteiger partial charge in [-0.05, 0) is 56.2 Å². The first-order chi connectivity index (χ1) is 14.3. The van der Waals surface area contributed by atoms with Gasteiger partial charge in [0.2, 0.25) is 0 Å². The van der Waals surface area contributed by atoms with Gasteiger partial charge in [0.05, 0.1) is 16.8 Å². The number of aromatic nitrogens is 1. The largest absolute Gasteiger partial charge is 0.350 e. The Morgan fingerprint density at radius 3 is 2.53 bits per heavy atom. The second-order valence-corrected chi connectivity index (χ2v) is 7.90. The van der Waals surface area contributed by atoms with E-state index in [1.165, 1.54) is 11.3 Å². The topological polar surface area (TPSA) is 112 Å². The fraction of sp³-hybridized carbons (Fsp3) is 0.238. The van der Waals surface area contributed by atoms with E-state index in [2.05, 4.69) is 26.5 Å². The summed E-state index contributed by atoms with van der Waals surface area (Å²) < 4.78 is 1.01. The van der Waals surface area contributed by atoms with Gasteiger partial charge in [-0.1, -0.05) is 29.5 Å². The number of hydrazine groups is 1. The first kappa shape index (κ1) is 21.3. The molecule has 3 amide bonds. The molecule has 30 heavy (non-hydrogen) atoms. The number of rotatable bonds is 6. The summed E-state index contributed by atoms with van der Waals surface area (Å²) in [5.41, 5.74) is 8.04. The SMILES string of the molecule is Cc1ccc(C(=O)NCC(=O)NNC(=O)C(C)Nc2nc3ccccc3s2)cc1C. The van der Waals surface area contributed by atoms with Crippen molar-refractivity contribution in [3.63, 3.8) is 0 Å². The summed E-state index contributed by atoms with van der Waals surface area (Å²) in [6, 6.07) is 12.4. The highest BCUT2D eigenvalue weighted by molar-refractivity contribution is 7.22. The minimum Gasteiger partial charge on any atom is -0.350 e. The molecule has 0 aliphatic rings. The van der Waals surface area contributed by atoms with Crippen molar-refractivity contribution in [3.05, 3.63) is 59.2 Å². The molecule has 2 aromatic carbocycles. The van der Waals surface area contributed by atoms with Crippen molar-refractivity contribution < 1.29 is 14.4 Å². The second-order valence-electron chi connectivity index (χ2n) is 6.87. The molecule has 4 N–H and O–H groups in total. The molecule has 0 fully saturated rings. The highest BCUT2D eigenvalue weighted by Gasteiger charge is 2.16. The highest BCUT2D eigenvalue weighted by atomic mass is 32.1. The predicted octanol–water partition coefficient (Wildman–Crippen LogP) is 2.29. The van der Waals surface area contributed by atoms with Gasteiger partial charge in [-0.3, -0.25) is 25.2 Å². The lowest BCUT2D eigenvalue weighted by Crippen LogP contribution is -2.50. The van der Waals surface area contributed by atoms with Crippen LogP contribution in [0.5, 0.6) is 0 Å². The van der Waals surface area contributed by atoms with Gasteiger partial charge in [-0.2, -0.15) is 0 Å². The third-order valence-corrected chi connectivity index (χ3v) is 5.50. The number of fused-ring (bicyclic) bond motifs is 1. The molecule has 1 heterocycles. The zero-order valence-corrected chi connectivity index (χ0v) is 17.7. The number of hydrogen-bond donors (Lipinski definition) is 4. The summed E-state index contributed by atoms with van der Waals surface area (Å²) >= 11 is 1.44. The van der Waals surface area contributed by atoms with E-state index in [9.17, 15) is 14.4 Å². The molecule has 0 aliphatic carbocycles. The van der Waals surface area contributed by atoms with Crippen molar-refractivity contribution in [1.82, 2.24) is 21.2 Å². The number of benzene rings is 2. The third kappa shape index (κ3) is 5.32. The first-order valence-electron chi connectivity index (χ1n) is 9.40. The molecule has 0 bridgehead atoms. The summed E-state index contributed by atoms with van der Waals surface area (Å²) in [5, 5.41) is 6.15. The van der Waals surface area contributed by atoms with Crippen LogP contribution in [0.1, 0.15) is 28.4 Å². The quantitative estimate of drug-likeness (QED) is 0.453. The van der Waals surface area contributed by atoms with Gasteiger partial charge < -0.3 is 10.6 Å². The van der Waals surface area contributed by atoms with Crippen molar-refractivity contribution in [3.8, 4) is 0 Å². The average molecular weight is 426 g/mol. The van der Waals surface area contributed by atoms with E-state index in [0.717, 1.165) is 21.3 Å². The normalized spacial score (nSPS) is 11.6. The van der Waals surface area contributed by atoms with Crippen LogP contribution >= 0.6 is 11.3 Å². The maximum absolute atomic E-state index is 12.2. The Morgan fingerprint density at radius 1 is 1.03 bits per heavy atom. The summed E-state index contributed by atoms with van der Waals surface area (Å²) in [6.45, 7) is 5.28. The Hall–Kier alpha value is -3.46. The van der Waals surface area contributed by atoms with Crippen LogP contribution in [0, 0.1) is 13.8 Å². The monoisotopic (exact) mass is 425 g/mol. The molecule has 0 aliphatic heterocycles. The number of aryl methyl sites for hydroxylation is 2. The fourth-order valence-electron chi connectivity index (χ4n) is 2.61. The Balaban J connectivity index is 1.43. The molecule has 0 spiro atoms. The average Bonchev–Trinajstić information content (AvgIpc) is 3.14. The maximum Gasteiger partial charge on any atom is 0.260 e. The second kappa shape index (κ2) is 9.36. The number of carbonyl (C=O) groups is 3. The summed E-state index contributed by atoms with van der Waals surface area (Å²) in [6.07, 6.45) is 0. The molecular weight excluding hydrogens is 402 g/mol. The zero-order chi connectivity index (χ0) is 21.7. The molecule has 9 heteroatoms. The van der Waals surface area contributed by atoms with Crippen molar-refractivity contribution in [2.24, 2.45) is 0 Å². The lowest BCUT2D eigenvalue weighted by Gasteiger charge is -2.14. The first-order valence-corrected chi connectivity index (χ1v) is 10.2. The van der Waals surface area contributed by atoms with Gasteiger partial charge in [0.1, 0.15) is 6.04 Å². The van der Waals surface area contributed by atoms with Gasteiger partial charge >= 0.3 is 0 Å². The molecule has 0 radical (unpaired) electrons.